The van der Waals surface area contributed by atoms with Gasteiger partial charge in [0, 0.05) is 6.42 Å². The normalized spacial score (nSPS) is 23.4. The second-order valence-electron chi connectivity index (χ2n) is 3.92. The Morgan fingerprint density at radius 2 is 2.50 bits per heavy atom. The molecule has 0 radical (unpaired) electrons. The Balaban J connectivity index is 2.20. The van der Waals surface area contributed by atoms with Crippen LogP contribution in [0, 0.1) is 5.92 Å². The third kappa shape index (κ3) is 3.64. The molecule has 1 aliphatic rings. The van der Waals surface area contributed by atoms with Gasteiger partial charge in [-0.2, -0.15) is 0 Å². The lowest BCUT2D eigenvalue weighted by Gasteiger charge is -2.15. The average Bonchev–Trinajstić information content (AvgIpc) is 2.66. The highest BCUT2D eigenvalue weighted by molar-refractivity contribution is 5.76. The lowest BCUT2D eigenvalue weighted by Crippen LogP contribution is -2.37. The van der Waals surface area contributed by atoms with Gasteiger partial charge in [-0.25, -0.2) is 0 Å². The van der Waals surface area contributed by atoms with E-state index in [4.69, 9.17) is 5.11 Å². The molecule has 0 aromatic heterocycles. The van der Waals surface area contributed by atoms with E-state index in [1.54, 1.807) is 0 Å². The summed E-state index contributed by atoms with van der Waals surface area (Å²) in [4.78, 5) is 11.5. The van der Waals surface area contributed by atoms with Gasteiger partial charge in [-0.05, 0) is 31.8 Å². The van der Waals surface area contributed by atoms with E-state index in [2.05, 4.69) is 10.6 Å². The van der Waals surface area contributed by atoms with Gasteiger partial charge in [0.2, 0.25) is 5.91 Å². The second kappa shape index (κ2) is 5.98. The summed E-state index contributed by atoms with van der Waals surface area (Å²) in [7, 11) is 0. The molecule has 1 amide bonds. The summed E-state index contributed by atoms with van der Waals surface area (Å²) in [6, 6.07) is -0.0723. The first-order valence-electron chi connectivity index (χ1n) is 5.37. The molecule has 0 spiro atoms. The van der Waals surface area contributed by atoms with Gasteiger partial charge in [-0.15, -0.1) is 0 Å². The highest BCUT2D eigenvalue weighted by Crippen LogP contribution is 2.11. The number of carbonyl (C=O) groups excluding carboxylic acids is 1. The molecule has 2 unspecified atom stereocenters. The highest BCUT2D eigenvalue weighted by Gasteiger charge is 2.19. The van der Waals surface area contributed by atoms with Crippen molar-refractivity contribution in [2.75, 3.05) is 19.7 Å². The second-order valence-corrected chi connectivity index (χ2v) is 3.92. The van der Waals surface area contributed by atoms with Gasteiger partial charge < -0.3 is 15.7 Å². The SMILES string of the molecule is CCC(CO)NC(=O)CC1CCNC1. The van der Waals surface area contributed by atoms with Crippen LogP contribution in [0.15, 0.2) is 0 Å². The molecule has 0 aromatic carbocycles. The quantitative estimate of drug-likeness (QED) is 0.579. The molecule has 0 aromatic rings. The van der Waals surface area contributed by atoms with Gasteiger partial charge in [-0.3, -0.25) is 4.79 Å². The fraction of sp³-hybridized carbons (Fsp3) is 0.900. The number of hydrogen-bond donors (Lipinski definition) is 3. The molecular formula is C10H20N2O2. The number of amides is 1. The first-order valence-corrected chi connectivity index (χ1v) is 5.37. The predicted molar refractivity (Wildman–Crippen MR) is 54.9 cm³/mol. The molecule has 4 heteroatoms. The van der Waals surface area contributed by atoms with E-state index in [0.717, 1.165) is 25.9 Å². The van der Waals surface area contributed by atoms with E-state index >= 15 is 0 Å². The summed E-state index contributed by atoms with van der Waals surface area (Å²) in [5.41, 5.74) is 0. The van der Waals surface area contributed by atoms with E-state index in [9.17, 15) is 4.79 Å². The molecule has 0 bridgehead atoms. The summed E-state index contributed by atoms with van der Waals surface area (Å²) in [6.45, 7) is 3.96. The third-order valence-corrected chi connectivity index (χ3v) is 2.71. The zero-order valence-corrected chi connectivity index (χ0v) is 8.75. The van der Waals surface area contributed by atoms with Gasteiger partial charge >= 0.3 is 0 Å². The molecule has 1 rings (SSSR count). The number of nitrogens with one attached hydrogen (secondary N) is 2. The van der Waals surface area contributed by atoms with Crippen molar-refractivity contribution in [2.45, 2.75) is 32.2 Å². The zero-order chi connectivity index (χ0) is 10.4. The Kier molecular flexibility index (Phi) is 4.90. The van der Waals surface area contributed by atoms with Crippen molar-refractivity contribution < 1.29 is 9.90 Å². The molecule has 4 nitrogen and oxygen atoms in total. The van der Waals surface area contributed by atoms with Crippen LogP contribution in [0.5, 0.6) is 0 Å². The van der Waals surface area contributed by atoms with E-state index in [1.807, 2.05) is 6.92 Å². The van der Waals surface area contributed by atoms with Crippen molar-refractivity contribution in [3.05, 3.63) is 0 Å². The van der Waals surface area contributed by atoms with Crippen molar-refractivity contribution in [3.8, 4) is 0 Å². The van der Waals surface area contributed by atoms with Gasteiger partial charge in [0.25, 0.3) is 0 Å². The van der Waals surface area contributed by atoms with Crippen molar-refractivity contribution in [1.82, 2.24) is 10.6 Å². The van der Waals surface area contributed by atoms with Crippen LogP contribution in [-0.4, -0.2) is 36.8 Å². The Morgan fingerprint density at radius 3 is 3.00 bits per heavy atom. The monoisotopic (exact) mass is 200 g/mol. The van der Waals surface area contributed by atoms with Crippen LogP contribution in [0.2, 0.25) is 0 Å². The van der Waals surface area contributed by atoms with Gasteiger partial charge in [0.05, 0.1) is 12.6 Å². The number of rotatable bonds is 5. The van der Waals surface area contributed by atoms with Crippen LogP contribution >= 0.6 is 0 Å². The highest BCUT2D eigenvalue weighted by atomic mass is 16.3. The summed E-state index contributed by atoms with van der Waals surface area (Å²) >= 11 is 0. The van der Waals surface area contributed by atoms with E-state index in [0.29, 0.717) is 12.3 Å². The standard InChI is InChI=1S/C10H20N2O2/c1-2-9(7-13)12-10(14)5-8-3-4-11-6-8/h8-9,11,13H,2-7H2,1H3,(H,12,14). The number of aliphatic hydroxyl groups is 1. The number of aliphatic hydroxyl groups excluding tert-OH is 1. The predicted octanol–water partition coefficient (Wildman–Crippen LogP) is -0.127. The minimum Gasteiger partial charge on any atom is -0.394 e. The van der Waals surface area contributed by atoms with Crippen molar-refractivity contribution in [3.63, 3.8) is 0 Å². The maximum absolute atomic E-state index is 11.5. The molecule has 3 N–H and O–H groups in total. The van der Waals surface area contributed by atoms with Crippen LogP contribution < -0.4 is 10.6 Å². The topological polar surface area (TPSA) is 61.4 Å². The molecular weight excluding hydrogens is 180 g/mol. The Bertz CT molecular complexity index is 169. The fourth-order valence-corrected chi connectivity index (χ4v) is 1.71. The molecule has 1 heterocycles. The average molecular weight is 200 g/mol. The van der Waals surface area contributed by atoms with Gasteiger partial charge in [0.15, 0.2) is 0 Å². The Labute approximate surface area is 85.1 Å². The van der Waals surface area contributed by atoms with Crippen LogP contribution in [0.3, 0.4) is 0 Å². The minimum absolute atomic E-state index is 0.0329. The smallest absolute Gasteiger partial charge is 0.220 e. The molecule has 2 atom stereocenters. The number of carbonyl (C=O) groups is 1. The van der Waals surface area contributed by atoms with E-state index in [1.165, 1.54) is 0 Å². The van der Waals surface area contributed by atoms with Crippen molar-refractivity contribution in [1.29, 1.82) is 0 Å². The molecule has 0 aliphatic carbocycles. The largest absolute Gasteiger partial charge is 0.394 e. The summed E-state index contributed by atoms with van der Waals surface area (Å²) in [6.07, 6.45) is 2.46. The van der Waals surface area contributed by atoms with E-state index < -0.39 is 0 Å². The van der Waals surface area contributed by atoms with Crippen molar-refractivity contribution in [2.24, 2.45) is 5.92 Å². The first kappa shape index (κ1) is 11.5. The van der Waals surface area contributed by atoms with Gasteiger partial charge in [-0.1, -0.05) is 6.92 Å². The Hall–Kier alpha value is -0.610. The minimum atomic E-state index is -0.0723. The first-order chi connectivity index (χ1) is 6.76. The van der Waals surface area contributed by atoms with Crippen LogP contribution in [0.1, 0.15) is 26.2 Å². The summed E-state index contributed by atoms with van der Waals surface area (Å²) < 4.78 is 0. The van der Waals surface area contributed by atoms with E-state index in [-0.39, 0.29) is 18.6 Å². The summed E-state index contributed by atoms with van der Waals surface area (Å²) in [5.74, 6) is 0.547. The van der Waals surface area contributed by atoms with Crippen LogP contribution in [0.25, 0.3) is 0 Å². The molecule has 82 valence electrons. The molecule has 1 saturated heterocycles. The lowest BCUT2D eigenvalue weighted by molar-refractivity contribution is -0.122. The Morgan fingerprint density at radius 1 is 1.71 bits per heavy atom. The summed E-state index contributed by atoms with van der Waals surface area (Å²) in [5, 5.41) is 15.0. The van der Waals surface area contributed by atoms with Crippen LogP contribution in [0.4, 0.5) is 0 Å². The van der Waals surface area contributed by atoms with Crippen molar-refractivity contribution >= 4 is 5.91 Å². The third-order valence-electron chi connectivity index (χ3n) is 2.71. The number of hydrogen-bond acceptors (Lipinski definition) is 3. The molecule has 1 aliphatic heterocycles. The maximum atomic E-state index is 11.5. The molecule has 14 heavy (non-hydrogen) atoms. The van der Waals surface area contributed by atoms with Gasteiger partial charge in [0.1, 0.15) is 0 Å². The lowest BCUT2D eigenvalue weighted by atomic mass is 10.0. The maximum Gasteiger partial charge on any atom is 0.220 e. The van der Waals surface area contributed by atoms with Crippen LogP contribution in [-0.2, 0) is 4.79 Å². The molecule has 1 fully saturated rings. The zero-order valence-electron chi connectivity index (χ0n) is 8.75. The fourth-order valence-electron chi connectivity index (χ4n) is 1.71. The molecule has 0 saturated carbocycles.